The van der Waals surface area contributed by atoms with Gasteiger partial charge in [0.05, 0.1) is 10.5 Å². The first-order valence-corrected chi connectivity index (χ1v) is 7.97. The molecule has 0 aliphatic rings. The summed E-state index contributed by atoms with van der Waals surface area (Å²) in [5.74, 6) is 0. The van der Waals surface area contributed by atoms with E-state index in [2.05, 4.69) is 0 Å². The van der Waals surface area contributed by atoms with Crippen LogP contribution in [-0.4, -0.2) is 8.42 Å². The van der Waals surface area contributed by atoms with Crippen molar-refractivity contribution in [2.45, 2.75) is 24.3 Å². The quantitative estimate of drug-likeness (QED) is 0.846. The fourth-order valence-electron chi connectivity index (χ4n) is 2.13. The lowest BCUT2D eigenvalue weighted by molar-refractivity contribution is 0.576. The van der Waals surface area contributed by atoms with Crippen LogP contribution in [0.1, 0.15) is 35.5 Å². The van der Waals surface area contributed by atoms with E-state index in [-0.39, 0.29) is 0 Å². The highest BCUT2D eigenvalue weighted by atomic mass is 32.2. The molecule has 0 spiro atoms. The standard InChI is InChI=1S/C16H18O2S/c1-13(15-9-5-3-6-10-15)19(17,18)14(2)16-11-7-4-8-12-16/h3-14H,1-2H3/t13-,14+. The second-order valence-corrected chi connectivity index (χ2v) is 7.29. The third kappa shape index (κ3) is 2.87. The Morgan fingerprint density at radius 1 is 0.684 bits per heavy atom. The van der Waals surface area contributed by atoms with Gasteiger partial charge in [0.2, 0.25) is 0 Å². The van der Waals surface area contributed by atoms with E-state index in [1.807, 2.05) is 60.7 Å². The predicted molar refractivity (Wildman–Crippen MR) is 78.6 cm³/mol. The summed E-state index contributed by atoms with van der Waals surface area (Å²) in [7, 11) is -3.25. The van der Waals surface area contributed by atoms with Crippen LogP contribution in [0.25, 0.3) is 0 Å². The molecule has 100 valence electrons. The van der Waals surface area contributed by atoms with E-state index in [9.17, 15) is 8.42 Å². The van der Waals surface area contributed by atoms with Crippen LogP contribution in [0.3, 0.4) is 0 Å². The Balaban J connectivity index is 2.33. The van der Waals surface area contributed by atoms with Gasteiger partial charge < -0.3 is 0 Å². The Morgan fingerprint density at radius 3 is 1.32 bits per heavy atom. The first kappa shape index (κ1) is 13.8. The number of hydrogen-bond acceptors (Lipinski definition) is 2. The zero-order valence-corrected chi connectivity index (χ0v) is 12.0. The summed E-state index contributed by atoms with van der Waals surface area (Å²) in [4.78, 5) is 0. The minimum absolute atomic E-state index is 0.496. The van der Waals surface area contributed by atoms with Gasteiger partial charge in [-0.15, -0.1) is 0 Å². The van der Waals surface area contributed by atoms with Crippen LogP contribution in [0.15, 0.2) is 60.7 Å². The molecule has 2 rings (SSSR count). The summed E-state index contributed by atoms with van der Waals surface area (Å²) in [5.41, 5.74) is 1.68. The third-order valence-corrected chi connectivity index (χ3v) is 6.04. The van der Waals surface area contributed by atoms with E-state index < -0.39 is 20.3 Å². The second kappa shape index (κ2) is 5.57. The molecule has 3 heteroatoms. The Morgan fingerprint density at radius 2 is 1.00 bits per heavy atom. The fourth-order valence-corrected chi connectivity index (χ4v) is 3.82. The van der Waals surface area contributed by atoms with Gasteiger partial charge >= 0.3 is 0 Å². The molecule has 0 N–H and O–H groups in total. The summed E-state index contributed by atoms with van der Waals surface area (Å²) >= 11 is 0. The molecule has 2 nitrogen and oxygen atoms in total. The maximum Gasteiger partial charge on any atom is 0.163 e. The molecule has 0 aliphatic heterocycles. The first-order chi connectivity index (χ1) is 9.03. The summed E-state index contributed by atoms with van der Waals surface area (Å²) in [5, 5.41) is -0.993. The van der Waals surface area contributed by atoms with Gasteiger partial charge in [-0.05, 0) is 25.0 Å². The Hall–Kier alpha value is -1.61. The molecule has 2 aromatic rings. The van der Waals surface area contributed by atoms with Crippen LogP contribution in [0.5, 0.6) is 0 Å². The lowest BCUT2D eigenvalue weighted by Crippen LogP contribution is -2.17. The van der Waals surface area contributed by atoms with Crippen LogP contribution in [-0.2, 0) is 9.84 Å². The molecule has 0 saturated heterocycles. The average Bonchev–Trinajstić information content (AvgIpc) is 2.47. The van der Waals surface area contributed by atoms with E-state index >= 15 is 0 Å². The number of hydrogen-bond donors (Lipinski definition) is 0. The van der Waals surface area contributed by atoms with E-state index in [0.29, 0.717) is 0 Å². The predicted octanol–water partition coefficient (Wildman–Crippen LogP) is 3.92. The first-order valence-electron chi connectivity index (χ1n) is 6.36. The van der Waals surface area contributed by atoms with Gasteiger partial charge in [-0.2, -0.15) is 0 Å². The number of benzene rings is 2. The van der Waals surface area contributed by atoms with Crippen molar-refractivity contribution in [1.29, 1.82) is 0 Å². The number of rotatable bonds is 4. The van der Waals surface area contributed by atoms with Crippen molar-refractivity contribution >= 4 is 9.84 Å². The SMILES string of the molecule is C[C@H](c1ccccc1)S(=O)(=O)[C@@H](C)c1ccccc1. The molecule has 0 aliphatic carbocycles. The molecule has 0 saturated carbocycles. The van der Waals surface area contributed by atoms with Crippen molar-refractivity contribution in [2.75, 3.05) is 0 Å². The molecule has 0 bridgehead atoms. The van der Waals surface area contributed by atoms with Crippen molar-refractivity contribution in [1.82, 2.24) is 0 Å². The van der Waals surface area contributed by atoms with Gasteiger partial charge in [-0.25, -0.2) is 8.42 Å². The maximum absolute atomic E-state index is 12.6. The van der Waals surface area contributed by atoms with E-state index in [0.717, 1.165) is 11.1 Å². The normalized spacial score (nSPS) is 14.8. The minimum atomic E-state index is -3.25. The van der Waals surface area contributed by atoms with Crippen molar-refractivity contribution in [3.05, 3.63) is 71.8 Å². The minimum Gasteiger partial charge on any atom is -0.228 e. The molecule has 19 heavy (non-hydrogen) atoms. The van der Waals surface area contributed by atoms with Crippen LogP contribution >= 0.6 is 0 Å². The molecular weight excluding hydrogens is 256 g/mol. The van der Waals surface area contributed by atoms with E-state index in [1.165, 1.54) is 0 Å². The van der Waals surface area contributed by atoms with Crippen molar-refractivity contribution < 1.29 is 8.42 Å². The van der Waals surface area contributed by atoms with Crippen molar-refractivity contribution in [2.24, 2.45) is 0 Å². The topological polar surface area (TPSA) is 34.1 Å². The smallest absolute Gasteiger partial charge is 0.163 e. The highest BCUT2D eigenvalue weighted by Crippen LogP contribution is 2.33. The Bertz CT molecular complexity index is 567. The summed E-state index contributed by atoms with van der Waals surface area (Å²) in [6.07, 6.45) is 0. The van der Waals surface area contributed by atoms with Gasteiger partial charge in [-0.1, -0.05) is 60.7 Å². The third-order valence-electron chi connectivity index (χ3n) is 3.52. The molecule has 0 amide bonds. The van der Waals surface area contributed by atoms with Gasteiger partial charge in [0.15, 0.2) is 9.84 Å². The van der Waals surface area contributed by atoms with Crippen LogP contribution in [0, 0.1) is 0 Å². The van der Waals surface area contributed by atoms with E-state index in [1.54, 1.807) is 13.8 Å². The molecule has 0 radical (unpaired) electrons. The van der Waals surface area contributed by atoms with Crippen molar-refractivity contribution in [3.8, 4) is 0 Å². The van der Waals surface area contributed by atoms with Crippen LogP contribution in [0.2, 0.25) is 0 Å². The monoisotopic (exact) mass is 274 g/mol. The second-order valence-electron chi connectivity index (χ2n) is 4.69. The maximum atomic E-state index is 12.6. The molecule has 0 heterocycles. The Labute approximate surface area is 115 Å². The van der Waals surface area contributed by atoms with Crippen LogP contribution < -0.4 is 0 Å². The highest BCUT2D eigenvalue weighted by Gasteiger charge is 2.29. The molecule has 0 fully saturated rings. The van der Waals surface area contributed by atoms with Gasteiger partial charge in [0, 0.05) is 0 Å². The molecule has 0 unspecified atom stereocenters. The van der Waals surface area contributed by atoms with Crippen molar-refractivity contribution in [3.63, 3.8) is 0 Å². The zero-order chi connectivity index (χ0) is 13.9. The fraction of sp³-hybridized carbons (Fsp3) is 0.250. The molecule has 0 aromatic heterocycles. The average molecular weight is 274 g/mol. The van der Waals surface area contributed by atoms with Gasteiger partial charge in [-0.3, -0.25) is 0 Å². The number of sulfone groups is 1. The summed E-state index contributed by atoms with van der Waals surface area (Å²) in [6, 6.07) is 18.7. The largest absolute Gasteiger partial charge is 0.228 e. The highest BCUT2D eigenvalue weighted by molar-refractivity contribution is 7.91. The zero-order valence-electron chi connectivity index (χ0n) is 11.2. The van der Waals surface area contributed by atoms with E-state index in [4.69, 9.17) is 0 Å². The molecule has 2 atom stereocenters. The Kier molecular flexibility index (Phi) is 4.05. The van der Waals surface area contributed by atoms with Gasteiger partial charge in [0.1, 0.15) is 0 Å². The molecular formula is C16H18O2S. The summed E-state index contributed by atoms with van der Waals surface area (Å²) in [6.45, 7) is 3.51. The van der Waals surface area contributed by atoms with Crippen LogP contribution in [0.4, 0.5) is 0 Å². The lowest BCUT2D eigenvalue weighted by atomic mass is 10.2. The molecule has 2 aromatic carbocycles. The van der Waals surface area contributed by atoms with Gasteiger partial charge in [0.25, 0.3) is 0 Å². The lowest BCUT2D eigenvalue weighted by Gasteiger charge is -2.19. The summed E-state index contributed by atoms with van der Waals surface area (Å²) < 4.78 is 25.3.